The molecule has 0 spiro atoms. The van der Waals surface area contributed by atoms with Crippen LogP contribution in [0.25, 0.3) is 0 Å². The summed E-state index contributed by atoms with van der Waals surface area (Å²) < 4.78 is 45.9. The molecule has 0 radical (unpaired) electrons. The molecule has 150 valence electrons. The molecular formula is C15H25NO9S. The minimum Gasteiger partial charge on any atom is -0.420 e. The SMILES string of the molecule is CC(=O)NC(CCS(=O)(=O)O)CC(C)(C)[C@H]1OC(=O)OC(C)(C)OC1=O. The predicted molar refractivity (Wildman–Crippen MR) is 88.6 cm³/mol. The van der Waals surface area contributed by atoms with Crippen LogP contribution in [0.1, 0.15) is 47.5 Å². The standard InChI is InChI=1S/C15H25NO9S/c1-9(17)16-10(6-7-26(20,21)22)8-14(2,3)11-12(18)24-15(4,5)25-13(19)23-11/h10-11H,6-8H2,1-5H3,(H,16,17)(H,20,21,22)/t10?,11-/m0/s1. The molecule has 26 heavy (non-hydrogen) atoms. The van der Waals surface area contributed by atoms with Gasteiger partial charge in [-0.15, -0.1) is 0 Å². The highest BCUT2D eigenvalue weighted by atomic mass is 32.2. The van der Waals surface area contributed by atoms with Crippen LogP contribution in [0.4, 0.5) is 4.79 Å². The van der Waals surface area contributed by atoms with E-state index in [2.05, 4.69) is 5.32 Å². The number of nitrogens with one attached hydrogen (secondary N) is 1. The fraction of sp³-hybridized carbons (Fsp3) is 0.800. The fourth-order valence-corrected chi connectivity index (χ4v) is 3.29. The summed E-state index contributed by atoms with van der Waals surface area (Å²) >= 11 is 0. The molecule has 2 N–H and O–H groups in total. The van der Waals surface area contributed by atoms with Crippen LogP contribution < -0.4 is 5.32 Å². The minimum absolute atomic E-state index is 0.0789. The largest absolute Gasteiger partial charge is 0.512 e. The zero-order valence-electron chi connectivity index (χ0n) is 15.4. The lowest BCUT2D eigenvalue weighted by molar-refractivity contribution is -0.191. The Kier molecular flexibility index (Phi) is 6.64. The Morgan fingerprint density at radius 2 is 1.88 bits per heavy atom. The lowest BCUT2D eigenvalue weighted by atomic mass is 9.79. The van der Waals surface area contributed by atoms with Gasteiger partial charge in [-0.05, 0) is 12.8 Å². The third-order valence-electron chi connectivity index (χ3n) is 3.72. The average molecular weight is 395 g/mol. The second-order valence-corrected chi connectivity index (χ2v) is 8.91. The first-order valence-corrected chi connectivity index (χ1v) is 9.57. The van der Waals surface area contributed by atoms with Crippen molar-refractivity contribution in [1.29, 1.82) is 0 Å². The topological polar surface area (TPSA) is 145 Å². The molecule has 0 aromatic carbocycles. The number of amides is 1. The summed E-state index contributed by atoms with van der Waals surface area (Å²) in [5, 5.41) is 2.57. The maximum absolute atomic E-state index is 12.3. The fourth-order valence-electron chi connectivity index (χ4n) is 2.71. The first kappa shape index (κ1) is 22.2. The van der Waals surface area contributed by atoms with Gasteiger partial charge >= 0.3 is 12.1 Å². The number of ether oxygens (including phenoxy) is 3. The summed E-state index contributed by atoms with van der Waals surface area (Å²) in [5.74, 6) is -3.28. The van der Waals surface area contributed by atoms with Crippen LogP contribution in [0.15, 0.2) is 0 Å². The molecule has 1 heterocycles. The van der Waals surface area contributed by atoms with Crippen molar-refractivity contribution in [3.8, 4) is 0 Å². The molecule has 11 heteroatoms. The van der Waals surface area contributed by atoms with Gasteiger partial charge in [-0.1, -0.05) is 13.8 Å². The molecule has 1 aliphatic rings. The molecule has 0 aromatic rings. The van der Waals surface area contributed by atoms with Crippen LogP contribution in [0, 0.1) is 5.41 Å². The van der Waals surface area contributed by atoms with Gasteiger partial charge in [0, 0.05) is 32.2 Å². The van der Waals surface area contributed by atoms with Crippen molar-refractivity contribution < 1.29 is 41.6 Å². The molecule has 0 bridgehead atoms. The van der Waals surface area contributed by atoms with Crippen molar-refractivity contribution in [3.63, 3.8) is 0 Å². The Bertz CT molecular complexity index is 669. The van der Waals surface area contributed by atoms with Crippen molar-refractivity contribution in [2.24, 2.45) is 5.41 Å². The smallest absolute Gasteiger partial charge is 0.420 e. The van der Waals surface area contributed by atoms with E-state index >= 15 is 0 Å². The van der Waals surface area contributed by atoms with Crippen LogP contribution in [-0.2, 0) is 33.9 Å². The number of hydrogen-bond acceptors (Lipinski definition) is 8. The summed E-state index contributed by atoms with van der Waals surface area (Å²) in [7, 11) is -4.22. The number of rotatable bonds is 7. The van der Waals surface area contributed by atoms with Crippen molar-refractivity contribution in [2.75, 3.05) is 5.75 Å². The predicted octanol–water partition coefficient (Wildman–Crippen LogP) is 1.000. The zero-order chi connectivity index (χ0) is 20.3. The van der Waals surface area contributed by atoms with E-state index in [0.717, 1.165) is 0 Å². The summed E-state index contributed by atoms with van der Waals surface area (Å²) in [6.07, 6.45) is -2.40. The van der Waals surface area contributed by atoms with E-state index in [4.69, 9.17) is 18.8 Å². The van der Waals surface area contributed by atoms with Crippen LogP contribution in [0.2, 0.25) is 0 Å². The van der Waals surface area contributed by atoms with E-state index < -0.39 is 57.3 Å². The normalized spacial score (nSPS) is 21.7. The van der Waals surface area contributed by atoms with Gasteiger partial charge in [-0.2, -0.15) is 8.42 Å². The summed E-state index contributed by atoms with van der Waals surface area (Å²) in [6.45, 7) is 7.23. The molecular weight excluding hydrogens is 370 g/mol. The molecule has 1 saturated heterocycles. The Morgan fingerprint density at radius 3 is 2.38 bits per heavy atom. The minimum atomic E-state index is -4.22. The van der Waals surface area contributed by atoms with Crippen LogP contribution >= 0.6 is 0 Å². The van der Waals surface area contributed by atoms with E-state index in [1.54, 1.807) is 13.8 Å². The van der Waals surface area contributed by atoms with Gasteiger partial charge in [0.2, 0.25) is 12.0 Å². The van der Waals surface area contributed by atoms with Gasteiger partial charge in [0.1, 0.15) is 0 Å². The Hall–Kier alpha value is -1.88. The van der Waals surface area contributed by atoms with E-state index in [9.17, 15) is 22.8 Å². The molecule has 1 aliphatic heterocycles. The monoisotopic (exact) mass is 395 g/mol. The first-order chi connectivity index (χ1) is 11.6. The highest BCUT2D eigenvalue weighted by Gasteiger charge is 2.47. The maximum Gasteiger partial charge on any atom is 0.512 e. The summed E-state index contributed by atoms with van der Waals surface area (Å²) in [4.78, 5) is 35.5. The Labute approximate surface area is 152 Å². The van der Waals surface area contributed by atoms with Crippen LogP contribution in [0.3, 0.4) is 0 Å². The van der Waals surface area contributed by atoms with Gasteiger partial charge in [-0.25, -0.2) is 9.59 Å². The maximum atomic E-state index is 12.3. The number of carbonyl (C=O) groups is 3. The lowest BCUT2D eigenvalue weighted by Crippen LogP contribution is -2.46. The molecule has 0 aliphatic carbocycles. The molecule has 1 fully saturated rings. The first-order valence-electron chi connectivity index (χ1n) is 7.96. The molecule has 0 saturated carbocycles. The third-order valence-corrected chi connectivity index (χ3v) is 4.47. The Morgan fingerprint density at radius 1 is 1.31 bits per heavy atom. The molecule has 0 aromatic heterocycles. The van der Waals surface area contributed by atoms with E-state index in [1.165, 1.54) is 20.8 Å². The molecule has 1 unspecified atom stereocenters. The molecule has 1 rings (SSSR count). The van der Waals surface area contributed by atoms with Crippen LogP contribution in [-0.4, -0.2) is 54.7 Å². The van der Waals surface area contributed by atoms with Crippen LogP contribution in [0.5, 0.6) is 0 Å². The molecule has 2 atom stereocenters. The van der Waals surface area contributed by atoms with Gasteiger partial charge in [-0.3, -0.25) is 9.35 Å². The highest BCUT2D eigenvalue weighted by Crippen LogP contribution is 2.34. The second-order valence-electron chi connectivity index (χ2n) is 7.34. The number of cyclic esters (lactones) is 3. The third kappa shape index (κ3) is 7.16. The van der Waals surface area contributed by atoms with Crippen molar-refractivity contribution in [3.05, 3.63) is 0 Å². The molecule has 1 amide bonds. The quantitative estimate of drug-likeness (QED) is 0.476. The van der Waals surface area contributed by atoms with Crippen molar-refractivity contribution in [1.82, 2.24) is 5.32 Å². The second kappa shape index (κ2) is 7.78. The van der Waals surface area contributed by atoms with E-state index in [0.29, 0.717) is 0 Å². The van der Waals surface area contributed by atoms with E-state index in [1.807, 2.05) is 0 Å². The van der Waals surface area contributed by atoms with E-state index in [-0.39, 0.29) is 12.8 Å². The summed E-state index contributed by atoms with van der Waals surface area (Å²) in [5.41, 5.74) is -1.02. The van der Waals surface area contributed by atoms with Crippen molar-refractivity contribution >= 4 is 28.1 Å². The molecule has 10 nitrogen and oxygen atoms in total. The van der Waals surface area contributed by atoms with Gasteiger partial charge in [0.25, 0.3) is 15.9 Å². The zero-order valence-corrected chi connectivity index (χ0v) is 16.2. The Balaban J connectivity index is 2.98. The number of esters is 1. The van der Waals surface area contributed by atoms with Crippen molar-refractivity contribution in [2.45, 2.75) is 65.4 Å². The lowest BCUT2D eigenvalue weighted by Gasteiger charge is -2.33. The highest BCUT2D eigenvalue weighted by molar-refractivity contribution is 7.85. The van der Waals surface area contributed by atoms with Gasteiger partial charge in [0.15, 0.2) is 0 Å². The number of carbonyl (C=O) groups excluding carboxylic acids is 3. The average Bonchev–Trinajstić information content (AvgIpc) is 2.49. The number of hydrogen-bond donors (Lipinski definition) is 2. The van der Waals surface area contributed by atoms with Gasteiger partial charge < -0.3 is 19.5 Å². The van der Waals surface area contributed by atoms with Gasteiger partial charge in [0.05, 0.1) is 5.75 Å². The summed E-state index contributed by atoms with van der Waals surface area (Å²) in [6, 6.07) is -0.687.